The third kappa shape index (κ3) is 3.61. The largest absolute Gasteiger partial charge is 0.367 e. The van der Waals surface area contributed by atoms with Crippen molar-refractivity contribution >= 4 is 68.9 Å². The van der Waals surface area contributed by atoms with Crippen LogP contribution < -0.4 is 4.90 Å². The number of fused-ring (bicyclic) bond motifs is 1. The number of carbonyl (C=O) groups excluding carboxylic acids is 1. The molecule has 1 aliphatic rings. The van der Waals surface area contributed by atoms with Crippen LogP contribution in [0.4, 0.5) is 5.69 Å². The second kappa shape index (κ2) is 6.52. The summed E-state index contributed by atoms with van der Waals surface area (Å²) in [5, 5.41) is 1.68. The second-order valence-electron chi connectivity index (χ2n) is 5.27. The van der Waals surface area contributed by atoms with Crippen LogP contribution in [-0.2, 0) is 4.79 Å². The maximum atomic E-state index is 12.0. The quantitative estimate of drug-likeness (QED) is 0.690. The van der Waals surface area contributed by atoms with Gasteiger partial charge in [-0.2, -0.15) is 0 Å². The Balaban J connectivity index is 1.80. The average molecular weight is 393 g/mol. The fourth-order valence-electron chi connectivity index (χ4n) is 2.71. The molecule has 0 N–H and O–H groups in total. The number of alkyl halides is 3. The van der Waals surface area contributed by atoms with Crippen LogP contribution in [0.25, 0.3) is 10.9 Å². The van der Waals surface area contributed by atoms with Crippen molar-refractivity contribution in [2.24, 2.45) is 0 Å². The van der Waals surface area contributed by atoms with E-state index in [4.69, 9.17) is 46.4 Å². The highest BCUT2D eigenvalue weighted by Gasteiger charge is 2.36. The molecule has 0 aliphatic carbocycles. The maximum absolute atomic E-state index is 12.0. The van der Waals surface area contributed by atoms with Crippen LogP contribution in [0, 0.1) is 0 Å². The van der Waals surface area contributed by atoms with Crippen LogP contribution in [0.1, 0.15) is 0 Å². The van der Waals surface area contributed by atoms with E-state index in [-0.39, 0.29) is 0 Å². The zero-order valence-electron chi connectivity index (χ0n) is 12.0. The molecule has 0 atom stereocenters. The Morgan fingerprint density at radius 1 is 1.09 bits per heavy atom. The Morgan fingerprint density at radius 3 is 2.43 bits per heavy atom. The first-order valence-electron chi connectivity index (χ1n) is 7.01. The zero-order valence-corrected chi connectivity index (χ0v) is 15.0. The minimum atomic E-state index is -1.90. The molecule has 23 heavy (non-hydrogen) atoms. The molecule has 0 unspecified atom stereocenters. The van der Waals surface area contributed by atoms with Gasteiger partial charge in [0.2, 0.25) is 0 Å². The van der Waals surface area contributed by atoms with Crippen molar-refractivity contribution in [3.63, 3.8) is 0 Å². The normalized spacial score (nSPS) is 16.0. The molecule has 1 saturated heterocycles. The highest BCUT2D eigenvalue weighted by atomic mass is 35.6. The number of amides is 1. The van der Waals surface area contributed by atoms with Crippen molar-refractivity contribution in [1.82, 2.24) is 9.88 Å². The molecule has 1 amide bonds. The minimum Gasteiger partial charge on any atom is -0.367 e. The topological polar surface area (TPSA) is 36.4 Å². The summed E-state index contributed by atoms with van der Waals surface area (Å²) in [6.45, 7) is 2.33. The molecular weight excluding hydrogens is 380 g/mol. The van der Waals surface area contributed by atoms with Gasteiger partial charge in [-0.05, 0) is 24.3 Å². The molecule has 2 aromatic rings. The number of benzene rings is 1. The van der Waals surface area contributed by atoms with E-state index in [1.54, 1.807) is 11.1 Å². The minimum absolute atomic E-state index is 0.478. The fraction of sp³-hybridized carbons (Fsp3) is 0.333. The number of aromatic nitrogens is 1. The summed E-state index contributed by atoms with van der Waals surface area (Å²) in [6.07, 6.45) is 1.76. The fourth-order valence-corrected chi connectivity index (χ4v) is 3.24. The van der Waals surface area contributed by atoms with E-state index in [2.05, 4.69) is 9.88 Å². The molecule has 122 valence electrons. The van der Waals surface area contributed by atoms with Gasteiger partial charge in [-0.3, -0.25) is 9.78 Å². The standard InChI is InChI=1S/C15H13Cl4N3O/c16-10-1-2-11-12(9-10)20-4-3-13(11)21-5-7-22(8-6-21)14(23)15(17,18)19/h1-4,9H,5-8H2. The average Bonchev–Trinajstić information content (AvgIpc) is 2.52. The Hall–Kier alpha value is -0.940. The van der Waals surface area contributed by atoms with Crippen molar-refractivity contribution in [3.8, 4) is 0 Å². The van der Waals surface area contributed by atoms with Crippen LogP contribution in [0.2, 0.25) is 5.02 Å². The van der Waals surface area contributed by atoms with Crippen LogP contribution in [-0.4, -0.2) is 45.8 Å². The van der Waals surface area contributed by atoms with E-state index in [1.165, 1.54) is 0 Å². The van der Waals surface area contributed by atoms with E-state index in [0.29, 0.717) is 31.2 Å². The predicted octanol–water partition coefficient (Wildman–Crippen LogP) is 3.91. The summed E-state index contributed by atoms with van der Waals surface area (Å²) in [7, 11) is 0. The molecule has 0 radical (unpaired) electrons. The number of hydrogen-bond donors (Lipinski definition) is 0. The van der Waals surface area contributed by atoms with Crippen LogP contribution in [0.5, 0.6) is 0 Å². The lowest BCUT2D eigenvalue weighted by molar-refractivity contribution is -0.130. The summed E-state index contributed by atoms with van der Waals surface area (Å²) >= 11 is 23.0. The van der Waals surface area contributed by atoms with E-state index in [0.717, 1.165) is 16.6 Å². The summed E-state index contributed by atoms with van der Waals surface area (Å²) in [6, 6.07) is 7.60. The van der Waals surface area contributed by atoms with Gasteiger partial charge in [0.1, 0.15) is 0 Å². The molecule has 2 heterocycles. The number of piperazine rings is 1. The molecule has 0 saturated carbocycles. The first-order valence-corrected chi connectivity index (χ1v) is 8.53. The molecule has 1 aromatic carbocycles. The van der Waals surface area contributed by atoms with Gasteiger partial charge in [-0.1, -0.05) is 46.4 Å². The van der Waals surface area contributed by atoms with Crippen molar-refractivity contribution in [1.29, 1.82) is 0 Å². The van der Waals surface area contributed by atoms with E-state index < -0.39 is 9.70 Å². The van der Waals surface area contributed by atoms with Gasteiger partial charge in [-0.15, -0.1) is 0 Å². The summed E-state index contributed by atoms with van der Waals surface area (Å²) < 4.78 is -1.90. The predicted molar refractivity (Wildman–Crippen MR) is 95.8 cm³/mol. The molecule has 4 nitrogen and oxygen atoms in total. The van der Waals surface area contributed by atoms with E-state index >= 15 is 0 Å². The second-order valence-corrected chi connectivity index (χ2v) is 7.99. The van der Waals surface area contributed by atoms with Gasteiger partial charge < -0.3 is 9.80 Å². The number of nitrogens with zero attached hydrogens (tertiary/aromatic N) is 3. The summed E-state index contributed by atoms with van der Waals surface area (Å²) in [5.74, 6) is -0.478. The number of carbonyl (C=O) groups is 1. The first-order chi connectivity index (χ1) is 10.9. The number of rotatable bonds is 1. The van der Waals surface area contributed by atoms with Gasteiger partial charge in [0, 0.05) is 48.5 Å². The molecule has 8 heteroatoms. The lowest BCUT2D eigenvalue weighted by Crippen LogP contribution is -2.51. The Bertz CT molecular complexity index is 739. The van der Waals surface area contributed by atoms with E-state index in [9.17, 15) is 4.79 Å². The number of pyridine rings is 1. The summed E-state index contributed by atoms with van der Waals surface area (Å²) in [4.78, 5) is 20.1. The lowest BCUT2D eigenvalue weighted by Gasteiger charge is -2.37. The molecule has 1 aliphatic heterocycles. The van der Waals surface area contributed by atoms with Gasteiger partial charge in [-0.25, -0.2) is 0 Å². The van der Waals surface area contributed by atoms with Crippen LogP contribution in [0.15, 0.2) is 30.5 Å². The number of halogens is 4. The first kappa shape index (κ1) is 16.9. The van der Waals surface area contributed by atoms with Gasteiger partial charge in [0.05, 0.1) is 5.52 Å². The van der Waals surface area contributed by atoms with Crippen LogP contribution >= 0.6 is 46.4 Å². The van der Waals surface area contributed by atoms with Crippen molar-refractivity contribution in [2.75, 3.05) is 31.1 Å². The SMILES string of the molecule is O=C(N1CCN(c2ccnc3cc(Cl)ccc23)CC1)C(Cl)(Cl)Cl. The molecule has 0 spiro atoms. The molecule has 3 rings (SSSR count). The van der Waals surface area contributed by atoms with Crippen molar-refractivity contribution in [2.45, 2.75) is 3.79 Å². The molecule has 0 bridgehead atoms. The van der Waals surface area contributed by atoms with Crippen molar-refractivity contribution < 1.29 is 4.79 Å². The third-order valence-corrected chi connectivity index (χ3v) is 4.55. The van der Waals surface area contributed by atoms with Gasteiger partial charge in [0.25, 0.3) is 9.70 Å². The lowest BCUT2D eigenvalue weighted by atomic mass is 10.1. The number of anilines is 1. The zero-order chi connectivity index (χ0) is 16.6. The van der Waals surface area contributed by atoms with Crippen LogP contribution in [0.3, 0.4) is 0 Å². The van der Waals surface area contributed by atoms with Crippen molar-refractivity contribution in [3.05, 3.63) is 35.5 Å². The molecular formula is C15H13Cl4N3O. The van der Waals surface area contributed by atoms with E-state index in [1.807, 2.05) is 24.3 Å². The van der Waals surface area contributed by atoms with Gasteiger partial charge >= 0.3 is 0 Å². The Kier molecular flexibility index (Phi) is 4.79. The Morgan fingerprint density at radius 2 is 1.78 bits per heavy atom. The molecule has 1 fully saturated rings. The third-order valence-electron chi connectivity index (χ3n) is 3.83. The highest BCUT2D eigenvalue weighted by Crippen LogP contribution is 2.31. The number of hydrogen-bond acceptors (Lipinski definition) is 3. The van der Waals surface area contributed by atoms with Gasteiger partial charge in [0.15, 0.2) is 0 Å². The Labute approximate surface area is 153 Å². The maximum Gasteiger partial charge on any atom is 0.274 e. The molecule has 1 aromatic heterocycles. The smallest absolute Gasteiger partial charge is 0.274 e. The highest BCUT2D eigenvalue weighted by molar-refractivity contribution is 6.76. The monoisotopic (exact) mass is 391 g/mol. The summed E-state index contributed by atoms with van der Waals surface area (Å²) in [5.41, 5.74) is 1.91.